The summed E-state index contributed by atoms with van der Waals surface area (Å²) in [4.78, 5) is 25.6. The van der Waals surface area contributed by atoms with Crippen molar-refractivity contribution in [3.05, 3.63) is 41.9 Å². The van der Waals surface area contributed by atoms with Crippen LogP contribution in [0.3, 0.4) is 0 Å². The highest BCUT2D eigenvalue weighted by molar-refractivity contribution is 5.98. The van der Waals surface area contributed by atoms with Crippen LogP contribution < -0.4 is 10.6 Å². The number of rotatable bonds is 6. The van der Waals surface area contributed by atoms with Crippen LogP contribution in [0, 0.1) is 11.3 Å². The lowest BCUT2D eigenvalue weighted by Gasteiger charge is -2.03. The number of nitrogens with one attached hydrogen (secondary N) is 2. The summed E-state index contributed by atoms with van der Waals surface area (Å²) in [5.74, 6) is -1.91. The van der Waals surface area contributed by atoms with E-state index in [1.54, 1.807) is 24.5 Å². The number of carboxylic acid groups (broad SMARTS) is 1. The molecular formula is C12H12N4O3. The number of nitriles is 1. The van der Waals surface area contributed by atoms with E-state index in [1.165, 1.54) is 6.20 Å². The zero-order valence-electron chi connectivity index (χ0n) is 9.96. The van der Waals surface area contributed by atoms with Crippen LogP contribution in [0.2, 0.25) is 0 Å². The molecule has 1 aromatic heterocycles. The molecule has 1 rings (SSSR count). The summed E-state index contributed by atoms with van der Waals surface area (Å²) < 4.78 is 0. The van der Waals surface area contributed by atoms with Gasteiger partial charge in [0.15, 0.2) is 0 Å². The van der Waals surface area contributed by atoms with Crippen LogP contribution in [0.15, 0.2) is 36.3 Å². The molecule has 0 bridgehead atoms. The molecule has 0 aliphatic heterocycles. The van der Waals surface area contributed by atoms with E-state index in [-0.39, 0.29) is 5.57 Å². The first-order chi connectivity index (χ1) is 9.13. The molecule has 7 nitrogen and oxygen atoms in total. The highest BCUT2D eigenvalue weighted by atomic mass is 16.4. The number of aliphatic carboxylic acids is 1. The van der Waals surface area contributed by atoms with Gasteiger partial charge >= 0.3 is 5.97 Å². The number of nitrogens with zero attached hydrogens (tertiary/aromatic N) is 2. The zero-order chi connectivity index (χ0) is 14.1. The maximum atomic E-state index is 11.4. The first kappa shape index (κ1) is 14.2. The van der Waals surface area contributed by atoms with Crippen molar-refractivity contribution in [2.75, 3.05) is 6.54 Å². The van der Waals surface area contributed by atoms with Gasteiger partial charge in [0.05, 0.1) is 0 Å². The predicted molar refractivity (Wildman–Crippen MR) is 65.4 cm³/mol. The van der Waals surface area contributed by atoms with Gasteiger partial charge in [-0.1, -0.05) is 6.07 Å². The van der Waals surface area contributed by atoms with Crippen LogP contribution in [0.25, 0.3) is 0 Å². The van der Waals surface area contributed by atoms with Gasteiger partial charge in [0.2, 0.25) is 0 Å². The third-order valence-electron chi connectivity index (χ3n) is 2.04. The van der Waals surface area contributed by atoms with Gasteiger partial charge in [-0.3, -0.25) is 14.6 Å². The molecule has 0 aliphatic carbocycles. The molecule has 0 saturated carbocycles. The molecule has 1 amide bonds. The van der Waals surface area contributed by atoms with Crippen LogP contribution >= 0.6 is 0 Å². The number of pyridine rings is 1. The molecule has 0 aromatic carbocycles. The number of carbonyl (C=O) groups excluding carboxylic acids is 1. The summed E-state index contributed by atoms with van der Waals surface area (Å²) in [6.45, 7) is -0.119. The van der Waals surface area contributed by atoms with Gasteiger partial charge in [0, 0.05) is 25.1 Å². The highest BCUT2D eigenvalue weighted by Crippen LogP contribution is 1.96. The van der Waals surface area contributed by atoms with Crippen LogP contribution in [0.1, 0.15) is 5.56 Å². The summed E-state index contributed by atoms with van der Waals surface area (Å²) in [7, 11) is 0. The quantitative estimate of drug-likeness (QED) is 0.481. The van der Waals surface area contributed by atoms with E-state index >= 15 is 0 Å². The second-order valence-corrected chi connectivity index (χ2v) is 3.49. The Hall–Kier alpha value is -2.88. The standard InChI is InChI=1S/C12H12N4O3/c13-4-10(12(19)16-8-11(17)18)7-15-6-9-2-1-3-14-5-9/h1-3,5,7,15H,6,8H2,(H,16,19)(H,17,18)/b10-7-. The van der Waals surface area contributed by atoms with Crippen LogP contribution in [-0.2, 0) is 16.1 Å². The molecule has 3 N–H and O–H groups in total. The minimum atomic E-state index is -1.17. The summed E-state index contributed by atoms with van der Waals surface area (Å²) >= 11 is 0. The van der Waals surface area contributed by atoms with Gasteiger partial charge in [-0.2, -0.15) is 5.26 Å². The van der Waals surface area contributed by atoms with Crippen LogP contribution in [0.4, 0.5) is 0 Å². The molecule has 0 radical (unpaired) electrons. The van der Waals surface area contributed by atoms with E-state index in [2.05, 4.69) is 15.6 Å². The molecule has 7 heteroatoms. The average Bonchev–Trinajstić information content (AvgIpc) is 2.42. The molecule has 0 fully saturated rings. The summed E-state index contributed by atoms with van der Waals surface area (Å²) in [5, 5.41) is 22.1. The summed E-state index contributed by atoms with van der Waals surface area (Å²) in [5.41, 5.74) is 0.701. The average molecular weight is 260 g/mol. The van der Waals surface area contributed by atoms with E-state index in [1.807, 2.05) is 6.07 Å². The minimum absolute atomic E-state index is 0.190. The molecule has 19 heavy (non-hydrogen) atoms. The Kier molecular flexibility index (Phi) is 5.56. The molecule has 0 aliphatic rings. The summed E-state index contributed by atoms with van der Waals surface area (Å²) in [6.07, 6.45) is 4.53. The number of hydrogen-bond donors (Lipinski definition) is 3. The largest absolute Gasteiger partial charge is 0.480 e. The number of carbonyl (C=O) groups is 2. The van der Waals surface area contributed by atoms with E-state index in [4.69, 9.17) is 10.4 Å². The fraction of sp³-hybridized carbons (Fsp3) is 0.167. The van der Waals surface area contributed by atoms with Gasteiger partial charge in [0.25, 0.3) is 5.91 Å². The van der Waals surface area contributed by atoms with Crippen molar-refractivity contribution in [2.24, 2.45) is 0 Å². The highest BCUT2D eigenvalue weighted by Gasteiger charge is 2.09. The lowest BCUT2D eigenvalue weighted by atomic mass is 10.2. The molecule has 98 valence electrons. The third-order valence-corrected chi connectivity index (χ3v) is 2.04. The fourth-order valence-corrected chi connectivity index (χ4v) is 1.17. The first-order valence-electron chi connectivity index (χ1n) is 5.36. The lowest BCUT2D eigenvalue weighted by Crippen LogP contribution is -2.30. The normalized spacial score (nSPS) is 10.4. The molecule has 0 saturated heterocycles. The van der Waals surface area contributed by atoms with Crippen molar-refractivity contribution in [1.82, 2.24) is 15.6 Å². The Bertz CT molecular complexity index is 520. The van der Waals surface area contributed by atoms with Gasteiger partial charge in [0.1, 0.15) is 18.2 Å². The minimum Gasteiger partial charge on any atom is -0.480 e. The molecule has 1 aromatic rings. The van der Waals surface area contributed by atoms with Crippen molar-refractivity contribution in [3.63, 3.8) is 0 Å². The fourth-order valence-electron chi connectivity index (χ4n) is 1.17. The second kappa shape index (κ2) is 7.45. The van der Waals surface area contributed by atoms with Crippen molar-refractivity contribution in [3.8, 4) is 6.07 Å². The predicted octanol–water partition coefficient (Wildman–Crippen LogP) is -0.221. The van der Waals surface area contributed by atoms with Crippen molar-refractivity contribution < 1.29 is 14.7 Å². The molecule has 0 atom stereocenters. The van der Waals surface area contributed by atoms with E-state index in [9.17, 15) is 9.59 Å². The lowest BCUT2D eigenvalue weighted by molar-refractivity contribution is -0.137. The Labute approximate surface area is 109 Å². The molecule has 1 heterocycles. The van der Waals surface area contributed by atoms with Crippen LogP contribution in [0.5, 0.6) is 0 Å². The Morgan fingerprint density at radius 2 is 2.32 bits per heavy atom. The van der Waals surface area contributed by atoms with Gasteiger partial charge in [-0.25, -0.2) is 0 Å². The van der Waals surface area contributed by atoms with Crippen molar-refractivity contribution >= 4 is 11.9 Å². The zero-order valence-corrected chi connectivity index (χ0v) is 9.96. The number of aromatic nitrogens is 1. The van der Waals surface area contributed by atoms with Crippen molar-refractivity contribution in [1.29, 1.82) is 5.26 Å². The SMILES string of the molecule is N#C/C(=C/NCc1cccnc1)C(=O)NCC(=O)O. The monoisotopic (exact) mass is 260 g/mol. The molecule has 0 spiro atoms. The van der Waals surface area contributed by atoms with E-state index < -0.39 is 18.4 Å². The molecular weight excluding hydrogens is 248 g/mol. The van der Waals surface area contributed by atoms with Crippen molar-refractivity contribution in [2.45, 2.75) is 6.54 Å². The Balaban J connectivity index is 2.51. The van der Waals surface area contributed by atoms with E-state index in [0.29, 0.717) is 6.54 Å². The topological polar surface area (TPSA) is 115 Å². The Morgan fingerprint density at radius 1 is 1.53 bits per heavy atom. The molecule has 0 unspecified atom stereocenters. The maximum absolute atomic E-state index is 11.4. The first-order valence-corrected chi connectivity index (χ1v) is 5.36. The number of amides is 1. The van der Waals surface area contributed by atoms with Gasteiger partial charge in [-0.05, 0) is 11.6 Å². The smallest absolute Gasteiger partial charge is 0.322 e. The number of carboxylic acids is 1. The van der Waals surface area contributed by atoms with E-state index in [0.717, 1.165) is 5.56 Å². The second-order valence-electron chi connectivity index (χ2n) is 3.49. The number of hydrogen-bond acceptors (Lipinski definition) is 5. The third kappa shape index (κ3) is 5.32. The summed E-state index contributed by atoms with van der Waals surface area (Å²) in [6, 6.07) is 5.30. The maximum Gasteiger partial charge on any atom is 0.322 e. The van der Waals surface area contributed by atoms with Crippen LogP contribution in [-0.4, -0.2) is 28.5 Å². The van der Waals surface area contributed by atoms with Gasteiger partial charge in [-0.15, -0.1) is 0 Å². The van der Waals surface area contributed by atoms with Gasteiger partial charge < -0.3 is 15.7 Å². The Morgan fingerprint density at radius 3 is 2.89 bits per heavy atom.